The first-order valence-corrected chi connectivity index (χ1v) is 11.3. The molecule has 6 nitrogen and oxygen atoms in total. The number of ether oxygens (including phenoxy) is 2. The molecule has 3 aromatic carbocycles. The predicted octanol–water partition coefficient (Wildman–Crippen LogP) is 5.26. The molecule has 0 N–H and O–H groups in total. The summed E-state index contributed by atoms with van der Waals surface area (Å²) < 4.78 is 12.8. The first-order chi connectivity index (χ1) is 16.6. The Labute approximate surface area is 200 Å². The summed E-state index contributed by atoms with van der Waals surface area (Å²) in [7, 11) is 5.05. The SMILES string of the molecule is COc1ccc(OC)c(-c2nn(-c3ccccc3)cc2C(=O)N(C)CCCc2ccccc2)c1. The summed E-state index contributed by atoms with van der Waals surface area (Å²) in [6.07, 6.45) is 3.58. The van der Waals surface area contributed by atoms with Crippen molar-refractivity contribution >= 4 is 5.91 Å². The van der Waals surface area contributed by atoms with E-state index >= 15 is 0 Å². The van der Waals surface area contributed by atoms with Crippen LogP contribution in [0, 0.1) is 0 Å². The standard InChI is InChI=1S/C28H29N3O3/c1-30(18-10-13-21-11-6-4-7-12-21)28(32)25-20-31(22-14-8-5-9-15-22)29-27(25)24-19-23(33-2)16-17-26(24)34-3/h4-9,11-12,14-17,19-20H,10,13,18H2,1-3H3. The first-order valence-electron chi connectivity index (χ1n) is 11.3. The van der Waals surface area contributed by atoms with Gasteiger partial charge in [0, 0.05) is 25.4 Å². The van der Waals surface area contributed by atoms with Crippen molar-refractivity contribution in [1.29, 1.82) is 0 Å². The van der Waals surface area contributed by atoms with Gasteiger partial charge in [-0.2, -0.15) is 5.10 Å². The van der Waals surface area contributed by atoms with Crippen LogP contribution < -0.4 is 9.47 Å². The minimum absolute atomic E-state index is 0.0879. The van der Waals surface area contributed by atoms with E-state index in [2.05, 4.69) is 12.1 Å². The molecule has 174 valence electrons. The number of carbonyl (C=O) groups excluding carboxylic acids is 1. The third-order valence-electron chi connectivity index (χ3n) is 5.78. The van der Waals surface area contributed by atoms with E-state index in [0.717, 1.165) is 18.5 Å². The average Bonchev–Trinajstić information content (AvgIpc) is 3.34. The van der Waals surface area contributed by atoms with Gasteiger partial charge in [0.15, 0.2) is 0 Å². The normalized spacial score (nSPS) is 10.7. The predicted molar refractivity (Wildman–Crippen MR) is 134 cm³/mol. The van der Waals surface area contributed by atoms with Crippen LogP contribution in [-0.4, -0.2) is 48.4 Å². The molecular formula is C28H29N3O3. The lowest BCUT2D eigenvalue weighted by Crippen LogP contribution is -2.28. The van der Waals surface area contributed by atoms with Gasteiger partial charge in [0.05, 0.1) is 25.5 Å². The Morgan fingerprint density at radius 2 is 1.65 bits per heavy atom. The lowest BCUT2D eigenvalue weighted by atomic mass is 10.1. The molecule has 0 unspecified atom stereocenters. The lowest BCUT2D eigenvalue weighted by Gasteiger charge is -2.17. The Morgan fingerprint density at radius 3 is 2.32 bits per heavy atom. The summed E-state index contributed by atoms with van der Waals surface area (Å²) in [6, 6.07) is 25.6. The van der Waals surface area contributed by atoms with Crippen molar-refractivity contribution in [2.24, 2.45) is 0 Å². The van der Waals surface area contributed by atoms with Gasteiger partial charge in [0.1, 0.15) is 17.2 Å². The monoisotopic (exact) mass is 455 g/mol. The van der Waals surface area contributed by atoms with Crippen LogP contribution in [0.15, 0.2) is 85.1 Å². The molecule has 0 saturated heterocycles. The fraction of sp³-hybridized carbons (Fsp3) is 0.214. The highest BCUT2D eigenvalue weighted by molar-refractivity contribution is 6.00. The highest BCUT2D eigenvalue weighted by Crippen LogP contribution is 2.35. The third kappa shape index (κ3) is 5.12. The molecule has 0 saturated carbocycles. The molecule has 0 spiro atoms. The number of aryl methyl sites for hydroxylation is 1. The smallest absolute Gasteiger partial charge is 0.257 e. The molecule has 0 atom stereocenters. The Balaban J connectivity index is 1.66. The highest BCUT2D eigenvalue weighted by Gasteiger charge is 2.24. The minimum Gasteiger partial charge on any atom is -0.497 e. The van der Waals surface area contributed by atoms with Crippen molar-refractivity contribution in [3.63, 3.8) is 0 Å². The van der Waals surface area contributed by atoms with Crippen molar-refractivity contribution in [2.75, 3.05) is 27.8 Å². The molecule has 0 fully saturated rings. The van der Waals surface area contributed by atoms with E-state index in [9.17, 15) is 4.79 Å². The summed E-state index contributed by atoms with van der Waals surface area (Å²) in [5.41, 5.74) is 3.91. The van der Waals surface area contributed by atoms with Crippen LogP contribution in [0.25, 0.3) is 16.9 Å². The number of para-hydroxylation sites is 1. The largest absolute Gasteiger partial charge is 0.497 e. The zero-order chi connectivity index (χ0) is 23.9. The number of carbonyl (C=O) groups is 1. The van der Waals surface area contributed by atoms with E-state index in [1.165, 1.54) is 5.56 Å². The Kier molecular flexibility index (Phi) is 7.28. The van der Waals surface area contributed by atoms with Crippen LogP contribution in [0.1, 0.15) is 22.3 Å². The molecule has 0 radical (unpaired) electrons. The van der Waals surface area contributed by atoms with E-state index in [-0.39, 0.29) is 5.91 Å². The topological polar surface area (TPSA) is 56.6 Å². The number of aromatic nitrogens is 2. The van der Waals surface area contributed by atoms with E-state index in [0.29, 0.717) is 34.9 Å². The second-order valence-corrected chi connectivity index (χ2v) is 8.05. The van der Waals surface area contributed by atoms with Crippen LogP contribution in [-0.2, 0) is 6.42 Å². The second kappa shape index (κ2) is 10.7. The molecule has 4 aromatic rings. The molecule has 0 bridgehead atoms. The van der Waals surface area contributed by atoms with E-state index < -0.39 is 0 Å². The van der Waals surface area contributed by atoms with Crippen LogP contribution >= 0.6 is 0 Å². The number of hydrogen-bond donors (Lipinski definition) is 0. The minimum atomic E-state index is -0.0879. The Hall–Kier alpha value is -4.06. The van der Waals surface area contributed by atoms with Crippen molar-refractivity contribution < 1.29 is 14.3 Å². The number of methoxy groups -OCH3 is 2. The molecule has 4 rings (SSSR count). The number of rotatable bonds is 9. The Morgan fingerprint density at radius 1 is 0.941 bits per heavy atom. The highest BCUT2D eigenvalue weighted by atomic mass is 16.5. The molecule has 0 aliphatic heterocycles. The maximum atomic E-state index is 13.6. The Bertz CT molecular complexity index is 1240. The van der Waals surface area contributed by atoms with Crippen LogP contribution in [0.2, 0.25) is 0 Å². The summed E-state index contributed by atoms with van der Waals surface area (Å²) >= 11 is 0. The summed E-state index contributed by atoms with van der Waals surface area (Å²) in [4.78, 5) is 15.3. The zero-order valence-electron chi connectivity index (χ0n) is 19.8. The second-order valence-electron chi connectivity index (χ2n) is 8.05. The van der Waals surface area contributed by atoms with Gasteiger partial charge in [-0.3, -0.25) is 4.79 Å². The quantitative estimate of drug-likeness (QED) is 0.345. The molecule has 1 heterocycles. The lowest BCUT2D eigenvalue weighted by molar-refractivity contribution is 0.0794. The summed E-state index contributed by atoms with van der Waals surface area (Å²) in [5.74, 6) is 1.20. The van der Waals surface area contributed by atoms with Gasteiger partial charge >= 0.3 is 0 Å². The molecule has 0 aliphatic rings. The summed E-state index contributed by atoms with van der Waals surface area (Å²) in [5, 5.41) is 4.80. The van der Waals surface area contributed by atoms with E-state index in [4.69, 9.17) is 14.6 Å². The average molecular weight is 456 g/mol. The van der Waals surface area contributed by atoms with E-state index in [1.807, 2.05) is 73.8 Å². The first kappa shape index (κ1) is 23.1. The molecule has 6 heteroatoms. The van der Waals surface area contributed by atoms with Crippen LogP contribution in [0.5, 0.6) is 11.5 Å². The van der Waals surface area contributed by atoms with Crippen molar-refractivity contribution in [3.05, 3.63) is 96.2 Å². The number of benzene rings is 3. The van der Waals surface area contributed by atoms with Gasteiger partial charge < -0.3 is 14.4 Å². The van der Waals surface area contributed by atoms with Crippen molar-refractivity contribution in [1.82, 2.24) is 14.7 Å². The van der Waals surface area contributed by atoms with Crippen molar-refractivity contribution in [2.45, 2.75) is 12.8 Å². The van der Waals surface area contributed by atoms with E-state index in [1.54, 1.807) is 30.0 Å². The molecular weight excluding hydrogens is 426 g/mol. The molecule has 1 amide bonds. The molecule has 1 aromatic heterocycles. The van der Waals surface area contributed by atoms with Crippen molar-refractivity contribution in [3.8, 4) is 28.4 Å². The van der Waals surface area contributed by atoms with Gasteiger partial charge in [-0.15, -0.1) is 0 Å². The summed E-state index contributed by atoms with van der Waals surface area (Å²) in [6.45, 7) is 0.638. The van der Waals surface area contributed by atoms with Gasteiger partial charge in [-0.25, -0.2) is 4.68 Å². The van der Waals surface area contributed by atoms with Gasteiger partial charge in [0.25, 0.3) is 5.91 Å². The fourth-order valence-corrected chi connectivity index (χ4v) is 3.91. The molecule has 0 aliphatic carbocycles. The van der Waals surface area contributed by atoms with Gasteiger partial charge in [-0.05, 0) is 48.7 Å². The third-order valence-corrected chi connectivity index (χ3v) is 5.78. The number of hydrogen-bond acceptors (Lipinski definition) is 4. The zero-order valence-corrected chi connectivity index (χ0v) is 19.8. The fourth-order valence-electron chi connectivity index (χ4n) is 3.91. The maximum Gasteiger partial charge on any atom is 0.257 e. The number of nitrogens with zero attached hydrogens (tertiary/aromatic N) is 3. The van der Waals surface area contributed by atoms with Crippen LogP contribution in [0.4, 0.5) is 0 Å². The van der Waals surface area contributed by atoms with Gasteiger partial charge in [0.2, 0.25) is 0 Å². The van der Waals surface area contributed by atoms with Crippen LogP contribution in [0.3, 0.4) is 0 Å². The number of amides is 1. The maximum absolute atomic E-state index is 13.6. The molecule has 34 heavy (non-hydrogen) atoms. The van der Waals surface area contributed by atoms with Gasteiger partial charge in [-0.1, -0.05) is 48.5 Å².